The number of nitrogens with zero attached hydrogens (tertiary/aromatic N) is 2. The number of allylic oxidation sites excluding steroid dienone is 1. The minimum atomic E-state index is -0.932. The third-order valence-corrected chi connectivity index (χ3v) is 9.46. The first kappa shape index (κ1) is 34.3. The number of hydrogen-bond acceptors (Lipinski definition) is 11. The van der Waals surface area contributed by atoms with Crippen LogP contribution in [0.5, 0.6) is 11.5 Å². The molecule has 2 aromatic heterocycles. The number of rotatable bonds is 13. The molecule has 0 saturated heterocycles. The smallest absolute Gasteiger partial charge is 0.313 e. The molecule has 5 atom stereocenters. The first-order valence-corrected chi connectivity index (χ1v) is 17.1. The Morgan fingerprint density at radius 3 is 2.51 bits per heavy atom. The van der Waals surface area contributed by atoms with Gasteiger partial charge in [-0.1, -0.05) is 6.08 Å². The van der Waals surface area contributed by atoms with E-state index in [0.717, 1.165) is 10.5 Å². The van der Waals surface area contributed by atoms with Crippen molar-refractivity contribution in [3.63, 3.8) is 0 Å². The molecular weight excluding hydrogens is 618 g/mol. The van der Waals surface area contributed by atoms with Crippen LogP contribution >= 0.6 is 11.3 Å². The van der Waals surface area contributed by atoms with Crippen molar-refractivity contribution in [2.75, 3.05) is 19.0 Å². The van der Waals surface area contributed by atoms with Crippen LogP contribution in [0.1, 0.15) is 67.2 Å². The van der Waals surface area contributed by atoms with Gasteiger partial charge in [0, 0.05) is 41.3 Å². The van der Waals surface area contributed by atoms with Gasteiger partial charge in [0.1, 0.15) is 34.7 Å². The molecule has 0 amide bonds. The second-order valence-electron chi connectivity index (χ2n) is 13.7. The van der Waals surface area contributed by atoms with Crippen LogP contribution in [0.2, 0.25) is 0 Å². The topological polar surface area (TPSA) is 126 Å². The summed E-state index contributed by atoms with van der Waals surface area (Å²) in [5, 5.41) is 6.83. The van der Waals surface area contributed by atoms with Gasteiger partial charge in [-0.3, -0.25) is 14.4 Å². The molecule has 252 valence electrons. The minimum Gasteiger partial charge on any atom is -0.497 e. The minimum absolute atomic E-state index is 0.0160. The molecule has 1 aromatic carbocycles. The van der Waals surface area contributed by atoms with E-state index >= 15 is 0 Å². The van der Waals surface area contributed by atoms with Gasteiger partial charge >= 0.3 is 11.9 Å². The molecule has 11 heteroatoms. The van der Waals surface area contributed by atoms with Crippen LogP contribution in [0.15, 0.2) is 42.3 Å². The molecule has 10 nitrogen and oxygen atoms in total. The molecule has 0 aliphatic heterocycles. The summed E-state index contributed by atoms with van der Waals surface area (Å²) < 4.78 is 23.3. The van der Waals surface area contributed by atoms with Gasteiger partial charge in [-0.15, -0.1) is 17.9 Å². The van der Waals surface area contributed by atoms with E-state index in [0.29, 0.717) is 41.2 Å². The Bertz CT molecular complexity index is 1660. The molecule has 2 aliphatic carbocycles. The number of methoxy groups -OCH3 is 1. The zero-order valence-electron chi connectivity index (χ0n) is 28.3. The maximum atomic E-state index is 14.0. The fourth-order valence-corrected chi connectivity index (χ4v) is 7.22. The SMILES string of the molecule is C=C[C@@H]1C[C@]1(CC(=O)[C@@H]1C[C@@H](Oc2cc(-c3csc(NC(C)C)n3)nc3cc(OC)ccc23)C[C@H]1C(=O)OC(C)(C)C)C(=O)OCC. The van der Waals surface area contributed by atoms with E-state index in [1.165, 1.54) is 11.3 Å². The Labute approximate surface area is 280 Å². The molecule has 0 radical (unpaired) electrons. The van der Waals surface area contributed by atoms with E-state index in [9.17, 15) is 14.4 Å². The maximum Gasteiger partial charge on any atom is 0.313 e. The van der Waals surface area contributed by atoms with Gasteiger partial charge in [-0.25, -0.2) is 9.97 Å². The number of anilines is 1. The van der Waals surface area contributed by atoms with E-state index in [-0.39, 0.29) is 37.2 Å². The summed E-state index contributed by atoms with van der Waals surface area (Å²) in [5.74, 6) is -1.32. The number of nitrogens with one attached hydrogen (secondary N) is 1. The number of ketones is 1. The summed E-state index contributed by atoms with van der Waals surface area (Å²) in [5.41, 5.74) is 0.330. The molecule has 0 bridgehead atoms. The van der Waals surface area contributed by atoms with Gasteiger partial charge in [-0.05, 0) is 78.9 Å². The summed E-state index contributed by atoms with van der Waals surface area (Å²) in [7, 11) is 1.60. The summed E-state index contributed by atoms with van der Waals surface area (Å²) in [6.07, 6.45) is 2.32. The average Bonchev–Trinajstić information content (AvgIpc) is 3.29. The molecule has 5 rings (SSSR count). The zero-order chi connectivity index (χ0) is 34.1. The number of benzene rings is 1. The predicted molar refractivity (Wildman–Crippen MR) is 182 cm³/mol. The predicted octanol–water partition coefficient (Wildman–Crippen LogP) is 7.02. The van der Waals surface area contributed by atoms with Crippen LogP contribution in [-0.2, 0) is 23.9 Å². The molecule has 2 heterocycles. The third-order valence-electron chi connectivity index (χ3n) is 8.68. The molecule has 2 saturated carbocycles. The van der Waals surface area contributed by atoms with Gasteiger partial charge < -0.3 is 24.3 Å². The largest absolute Gasteiger partial charge is 0.497 e. The number of Topliss-reactive ketones (excluding diaryl/α,β-unsaturated/α-hetero) is 1. The quantitative estimate of drug-likeness (QED) is 0.151. The highest BCUT2D eigenvalue weighted by Gasteiger charge is 2.61. The van der Waals surface area contributed by atoms with Gasteiger partial charge in [-0.2, -0.15) is 0 Å². The number of carbonyl (C=O) groups excluding carboxylic acids is 3. The van der Waals surface area contributed by atoms with E-state index in [1.54, 1.807) is 40.9 Å². The lowest BCUT2D eigenvalue weighted by Gasteiger charge is -2.25. The van der Waals surface area contributed by atoms with Crippen molar-refractivity contribution in [2.24, 2.45) is 23.2 Å². The van der Waals surface area contributed by atoms with E-state index < -0.39 is 40.9 Å². The second kappa shape index (κ2) is 13.6. The van der Waals surface area contributed by atoms with Crippen molar-refractivity contribution in [1.82, 2.24) is 9.97 Å². The Hall–Kier alpha value is -3.99. The highest BCUT2D eigenvalue weighted by Crippen LogP contribution is 2.58. The van der Waals surface area contributed by atoms with Crippen molar-refractivity contribution in [1.29, 1.82) is 0 Å². The van der Waals surface area contributed by atoms with Crippen molar-refractivity contribution in [3.05, 3.63) is 42.3 Å². The number of ether oxygens (including phenoxy) is 4. The Kier molecular flexibility index (Phi) is 9.96. The lowest BCUT2D eigenvalue weighted by Crippen LogP contribution is -2.34. The Balaban J connectivity index is 1.46. The molecule has 47 heavy (non-hydrogen) atoms. The molecule has 2 aliphatic rings. The van der Waals surface area contributed by atoms with Crippen molar-refractivity contribution in [2.45, 2.75) is 85.0 Å². The molecule has 0 unspecified atom stereocenters. The fraction of sp³-hybridized carbons (Fsp3) is 0.528. The lowest BCUT2D eigenvalue weighted by molar-refractivity contribution is -0.163. The number of thiazole rings is 1. The van der Waals surface area contributed by atoms with Gasteiger partial charge in [0.15, 0.2) is 5.13 Å². The van der Waals surface area contributed by atoms with Crippen molar-refractivity contribution < 1.29 is 33.3 Å². The number of carbonyl (C=O) groups is 3. The lowest BCUT2D eigenvalue weighted by atomic mass is 9.84. The summed E-state index contributed by atoms with van der Waals surface area (Å²) >= 11 is 1.50. The van der Waals surface area contributed by atoms with E-state index in [1.807, 2.05) is 29.6 Å². The molecular formula is C36H45N3O7S. The molecule has 2 fully saturated rings. The first-order valence-electron chi connectivity index (χ1n) is 16.2. The van der Waals surface area contributed by atoms with Crippen LogP contribution in [0.3, 0.4) is 0 Å². The monoisotopic (exact) mass is 663 g/mol. The standard InChI is InChI=1S/C36H45N3O7S/c1-9-21-17-36(21,33(42)44-10-2)18-30(40)25-13-23(14-26(25)32(41)46-35(5,6)7)45-31-16-28(29-19-47-34(39-29)37-20(3)4)38-27-15-22(43-8)11-12-24(27)31/h9,11-12,15-16,19-21,23,25-26H,1,10,13-14,17-18H2,2-8H3,(H,37,39)/t21-,23-,25-,26-,36-/m1/s1. The van der Waals surface area contributed by atoms with Crippen LogP contribution < -0.4 is 14.8 Å². The van der Waals surface area contributed by atoms with Crippen LogP contribution in [0.25, 0.3) is 22.3 Å². The van der Waals surface area contributed by atoms with Gasteiger partial charge in [0.05, 0.1) is 36.3 Å². The first-order chi connectivity index (χ1) is 22.3. The van der Waals surface area contributed by atoms with E-state index in [4.69, 9.17) is 28.9 Å². The average molecular weight is 664 g/mol. The Morgan fingerprint density at radius 2 is 1.87 bits per heavy atom. The van der Waals surface area contributed by atoms with Crippen LogP contribution in [0, 0.1) is 23.2 Å². The number of pyridine rings is 1. The van der Waals surface area contributed by atoms with E-state index in [2.05, 4.69) is 25.7 Å². The van der Waals surface area contributed by atoms with Gasteiger partial charge in [0.2, 0.25) is 0 Å². The Morgan fingerprint density at radius 1 is 1.13 bits per heavy atom. The van der Waals surface area contributed by atoms with Crippen LogP contribution in [-0.4, -0.2) is 59.2 Å². The number of esters is 2. The van der Waals surface area contributed by atoms with Crippen molar-refractivity contribution in [3.8, 4) is 22.9 Å². The zero-order valence-corrected chi connectivity index (χ0v) is 29.1. The molecule has 1 N–H and O–H groups in total. The fourth-order valence-electron chi connectivity index (χ4n) is 6.37. The number of fused-ring (bicyclic) bond motifs is 1. The van der Waals surface area contributed by atoms with Gasteiger partial charge in [0.25, 0.3) is 0 Å². The highest BCUT2D eigenvalue weighted by atomic mass is 32.1. The molecule has 0 spiro atoms. The summed E-state index contributed by atoms with van der Waals surface area (Å²) in [6.45, 7) is 15.3. The second-order valence-corrected chi connectivity index (χ2v) is 14.6. The summed E-state index contributed by atoms with van der Waals surface area (Å²) in [4.78, 5) is 50.1. The number of hydrogen-bond donors (Lipinski definition) is 1. The summed E-state index contributed by atoms with van der Waals surface area (Å²) in [6, 6.07) is 7.66. The van der Waals surface area contributed by atoms with Crippen molar-refractivity contribution >= 4 is 45.1 Å². The highest BCUT2D eigenvalue weighted by molar-refractivity contribution is 7.14. The number of aromatic nitrogens is 2. The third kappa shape index (κ3) is 7.61. The van der Waals surface area contributed by atoms with Crippen LogP contribution in [0.4, 0.5) is 5.13 Å². The normalized spacial score (nSPS) is 23.7. The molecule has 3 aromatic rings. The maximum absolute atomic E-state index is 14.0.